The van der Waals surface area contributed by atoms with Crippen LogP contribution in [-0.2, 0) is 11.3 Å². The number of fused-ring (bicyclic) bond motifs is 1. The highest BCUT2D eigenvalue weighted by Gasteiger charge is 2.42. The summed E-state index contributed by atoms with van der Waals surface area (Å²) >= 11 is 0. The summed E-state index contributed by atoms with van der Waals surface area (Å²) < 4.78 is 5.43. The summed E-state index contributed by atoms with van der Waals surface area (Å²) in [6, 6.07) is 17.6. The molecule has 4 rings (SSSR count). The molecule has 0 bridgehead atoms. The fourth-order valence-electron chi connectivity index (χ4n) is 3.93. The Labute approximate surface area is 159 Å². The molecule has 2 aromatic rings. The van der Waals surface area contributed by atoms with Gasteiger partial charge in [0.25, 0.3) is 0 Å². The van der Waals surface area contributed by atoms with Crippen molar-refractivity contribution in [2.24, 2.45) is 11.8 Å². The lowest BCUT2D eigenvalue weighted by molar-refractivity contribution is 0.130. The van der Waals surface area contributed by atoms with Crippen molar-refractivity contribution < 1.29 is 9.53 Å². The first-order valence-electron chi connectivity index (χ1n) is 9.43. The molecule has 1 fully saturated rings. The Morgan fingerprint density at radius 2 is 2.04 bits per heavy atom. The van der Waals surface area contributed by atoms with Crippen LogP contribution in [0.25, 0.3) is 0 Å². The minimum Gasteiger partial charge on any atom is -0.445 e. The summed E-state index contributed by atoms with van der Waals surface area (Å²) in [4.78, 5) is 12.5. The number of nitrogens with zero attached hydrogens (tertiary/aromatic N) is 1. The van der Waals surface area contributed by atoms with Gasteiger partial charge in [-0.15, -0.1) is 0 Å². The molecule has 2 aliphatic rings. The highest BCUT2D eigenvalue weighted by atomic mass is 16.5. The maximum absolute atomic E-state index is 12.5. The number of anilines is 1. The van der Waals surface area contributed by atoms with Gasteiger partial charge >= 0.3 is 6.09 Å². The number of carbonyl (C=O) groups is 1. The van der Waals surface area contributed by atoms with E-state index in [0.717, 1.165) is 16.8 Å². The Hall–Kier alpha value is -3.00. The van der Waals surface area contributed by atoms with Gasteiger partial charge in [-0.1, -0.05) is 37.3 Å². The molecule has 5 nitrogen and oxygen atoms in total. The molecule has 1 aliphatic carbocycles. The molecule has 5 heteroatoms. The van der Waals surface area contributed by atoms with E-state index in [1.807, 2.05) is 48.5 Å². The summed E-state index contributed by atoms with van der Waals surface area (Å²) in [6.07, 6.45) is 2.01. The van der Waals surface area contributed by atoms with Gasteiger partial charge < -0.3 is 15.4 Å². The predicted molar refractivity (Wildman–Crippen MR) is 103 cm³/mol. The number of benzene rings is 2. The molecule has 0 radical (unpaired) electrons. The van der Waals surface area contributed by atoms with Crippen LogP contribution in [0, 0.1) is 23.2 Å². The van der Waals surface area contributed by atoms with E-state index in [1.54, 1.807) is 0 Å². The van der Waals surface area contributed by atoms with E-state index < -0.39 is 6.09 Å². The van der Waals surface area contributed by atoms with Crippen molar-refractivity contribution in [1.82, 2.24) is 5.32 Å². The van der Waals surface area contributed by atoms with Gasteiger partial charge in [-0.25, -0.2) is 4.79 Å². The first-order chi connectivity index (χ1) is 13.2. The number of amides is 1. The Bertz CT molecular complexity index is 871. The van der Waals surface area contributed by atoms with Crippen LogP contribution in [-0.4, -0.2) is 12.1 Å². The lowest BCUT2D eigenvalue weighted by Crippen LogP contribution is -2.45. The molecule has 138 valence electrons. The summed E-state index contributed by atoms with van der Waals surface area (Å²) in [5, 5.41) is 15.9. The second-order valence-corrected chi connectivity index (χ2v) is 7.46. The quantitative estimate of drug-likeness (QED) is 0.848. The van der Waals surface area contributed by atoms with Crippen LogP contribution in [0.4, 0.5) is 10.5 Å². The second-order valence-electron chi connectivity index (χ2n) is 7.46. The molecule has 0 spiro atoms. The third-order valence-corrected chi connectivity index (χ3v) is 5.55. The average Bonchev–Trinajstić information content (AvgIpc) is 3.54. The first kappa shape index (κ1) is 17.4. The SMILES string of the molecule is C[C@@H]1C(NC(=O)OCc2ccccc2)c2cc(C#N)ccc2NC1C1CC1. The van der Waals surface area contributed by atoms with Crippen molar-refractivity contribution in [3.8, 4) is 6.07 Å². The van der Waals surface area contributed by atoms with Gasteiger partial charge in [0, 0.05) is 17.6 Å². The Morgan fingerprint density at radius 1 is 1.26 bits per heavy atom. The summed E-state index contributed by atoms with van der Waals surface area (Å²) in [6.45, 7) is 2.39. The smallest absolute Gasteiger partial charge is 0.407 e. The van der Waals surface area contributed by atoms with Crippen molar-refractivity contribution in [3.05, 3.63) is 65.2 Å². The van der Waals surface area contributed by atoms with E-state index in [0.29, 0.717) is 17.5 Å². The predicted octanol–water partition coefficient (Wildman–Crippen LogP) is 4.37. The molecule has 2 aromatic carbocycles. The van der Waals surface area contributed by atoms with Crippen LogP contribution in [0.15, 0.2) is 48.5 Å². The van der Waals surface area contributed by atoms with E-state index >= 15 is 0 Å². The number of hydrogen-bond acceptors (Lipinski definition) is 4. The molecule has 1 aliphatic heterocycles. The van der Waals surface area contributed by atoms with Crippen molar-refractivity contribution >= 4 is 11.8 Å². The number of nitrogens with one attached hydrogen (secondary N) is 2. The van der Waals surface area contributed by atoms with E-state index in [4.69, 9.17) is 4.74 Å². The number of carbonyl (C=O) groups excluding carboxylic acids is 1. The summed E-state index contributed by atoms with van der Waals surface area (Å²) in [5.41, 5.74) is 3.50. The van der Waals surface area contributed by atoms with Gasteiger partial charge in [-0.3, -0.25) is 0 Å². The molecular formula is C22H23N3O2. The zero-order valence-electron chi connectivity index (χ0n) is 15.3. The van der Waals surface area contributed by atoms with Crippen LogP contribution < -0.4 is 10.6 Å². The van der Waals surface area contributed by atoms with Gasteiger partial charge in [0.15, 0.2) is 0 Å². The maximum atomic E-state index is 12.5. The molecule has 0 aromatic heterocycles. The topological polar surface area (TPSA) is 74.1 Å². The first-order valence-corrected chi connectivity index (χ1v) is 9.43. The Balaban J connectivity index is 1.52. The molecule has 2 N–H and O–H groups in total. The number of alkyl carbamates (subject to hydrolysis) is 1. The standard InChI is InChI=1S/C22H23N3O2/c1-14-20(17-8-9-17)24-19-10-7-16(12-23)11-18(19)21(14)25-22(26)27-13-15-5-3-2-4-6-15/h2-7,10-11,14,17,20-21,24H,8-9,13H2,1H3,(H,25,26)/t14-,20?,21?/m0/s1. The number of nitriles is 1. The van der Waals surface area contributed by atoms with Crippen LogP contribution >= 0.6 is 0 Å². The Kier molecular flexibility index (Phi) is 4.72. The van der Waals surface area contributed by atoms with Crippen molar-refractivity contribution in [3.63, 3.8) is 0 Å². The van der Waals surface area contributed by atoms with Crippen LogP contribution in [0.1, 0.15) is 42.5 Å². The minimum absolute atomic E-state index is 0.177. The van der Waals surface area contributed by atoms with Crippen LogP contribution in [0.2, 0.25) is 0 Å². The van der Waals surface area contributed by atoms with Crippen LogP contribution in [0.3, 0.4) is 0 Å². The summed E-state index contributed by atoms with van der Waals surface area (Å²) in [5.74, 6) is 0.858. The zero-order valence-corrected chi connectivity index (χ0v) is 15.3. The normalized spacial score (nSPS) is 23.5. The van der Waals surface area contributed by atoms with Crippen molar-refractivity contribution in [2.45, 2.75) is 38.5 Å². The molecule has 1 saturated carbocycles. The third kappa shape index (κ3) is 3.75. The molecule has 2 unspecified atom stereocenters. The largest absolute Gasteiger partial charge is 0.445 e. The molecule has 27 heavy (non-hydrogen) atoms. The van der Waals surface area contributed by atoms with Crippen molar-refractivity contribution in [1.29, 1.82) is 5.26 Å². The van der Waals surface area contributed by atoms with Gasteiger partial charge in [0.05, 0.1) is 17.7 Å². The highest BCUT2D eigenvalue weighted by Crippen LogP contribution is 2.45. The van der Waals surface area contributed by atoms with E-state index in [9.17, 15) is 10.1 Å². The van der Waals surface area contributed by atoms with E-state index in [-0.39, 0.29) is 18.6 Å². The fourth-order valence-corrected chi connectivity index (χ4v) is 3.93. The lowest BCUT2D eigenvalue weighted by Gasteiger charge is -2.39. The molecule has 1 amide bonds. The maximum Gasteiger partial charge on any atom is 0.407 e. The lowest BCUT2D eigenvalue weighted by atomic mass is 9.81. The number of rotatable bonds is 4. The highest BCUT2D eigenvalue weighted by molar-refractivity contribution is 5.70. The van der Waals surface area contributed by atoms with Crippen molar-refractivity contribution in [2.75, 3.05) is 5.32 Å². The minimum atomic E-state index is -0.430. The average molecular weight is 361 g/mol. The Morgan fingerprint density at radius 3 is 2.74 bits per heavy atom. The number of ether oxygens (including phenoxy) is 1. The van der Waals surface area contributed by atoms with Gasteiger partial charge in [-0.2, -0.15) is 5.26 Å². The van der Waals surface area contributed by atoms with Gasteiger partial charge in [0.2, 0.25) is 0 Å². The molecular weight excluding hydrogens is 338 g/mol. The molecule has 0 saturated heterocycles. The van der Waals surface area contributed by atoms with Gasteiger partial charge in [0.1, 0.15) is 6.61 Å². The third-order valence-electron chi connectivity index (χ3n) is 5.55. The zero-order chi connectivity index (χ0) is 18.8. The van der Waals surface area contributed by atoms with Crippen LogP contribution in [0.5, 0.6) is 0 Å². The second kappa shape index (κ2) is 7.32. The molecule has 3 atom stereocenters. The molecule has 1 heterocycles. The van der Waals surface area contributed by atoms with E-state index in [2.05, 4.69) is 23.6 Å². The van der Waals surface area contributed by atoms with Gasteiger partial charge in [-0.05, 0) is 48.1 Å². The monoisotopic (exact) mass is 361 g/mol. The number of hydrogen-bond donors (Lipinski definition) is 2. The van der Waals surface area contributed by atoms with E-state index in [1.165, 1.54) is 12.8 Å². The fraction of sp³-hybridized carbons (Fsp3) is 0.364. The summed E-state index contributed by atoms with van der Waals surface area (Å²) in [7, 11) is 0.